The summed E-state index contributed by atoms with van der Waals surface area (Å²) in [6.45, 7) is 3.88. The second kappa shape index (κ2) is 8.68. The first-order valence-corrected chi connectivity index (χ1v) is 10.4. The number of aryl methyl sites for hydroxylation is 1. The van der Waals surface area contributed by atoms with Crippen LogP contribution in [0, 0.1) is 6.92 Å². The fourth-order valence-corrected chi connectivity index (χ4v) is 4.06. The number of fused-ring (bicyclic) bond motifs is 2. The van der Waals surface area contributed by atoms with Crippen LogP contribution in [0.15, 0.2) is 57.9 Å². The Balaban J connectivity index is 1.41. The minimum absolute atomic E-state index is 0.0201. The molecule has 0 aliphatic carbocycles. The van der Waals surface area contributed by atoms with Crippen molar-refractivity contribution in [2.45, 2.75) is 39.2 Å². The van der Waals surface area contributed by atoms with Crippen LogP contribution >= 0.6 is 0 Å². The first-order chi connectivity index (χ1) is 15.0. The van der Waals surface area contributed by atoms with Crippen molar-refractivity contribution in [3.05, 3.63) is 75.8 Å². The standard InChI is InChI=1S/C25H26N2O4/c1-15(12-17-14-26-22-7-5-4-6-21(17)22)27-24(28)11-10-20-16(2)19-9-8-18(30-3)13-23(19)31-25(20)29/h4-9,13-15,26H,10-12H2,1-3H3,(H,27,28)/t15-/m0/s1. The molecule has 0 radical (unpaired) electrons. The van der Waals surface area contributed by atoms with Crippen LogP contribution in [0.25, 0.3) is 21.9 Å². The molecule has 0 bridgehead atoms. The van der Waals surface area contributed by atoms with Crippen molar-refractivity contribution in [1.29, 1.82) is 0 Å². The number of hydrogen-bond acceptors (Lipinski definition) is 4. The Bertz CT molecular complexity index is 1300. The lowest BCUT2D eigenvalue weighted by molar-refractivity contribution is -0.121. The smallest absolute Gasteiger partial charge is 0.339 e. The minimum atomic E-state index is -0.405. The Labute approximate surface area is 180 Å². The lowest BCUT2D eigenvalue weighted by Crippen LogP contribution is -2.34. The second-order valence-corrected chi connectivity index (χ2v) is 7.89. The summed E-state index contributed by atoms with van der Waals surface area (Å²) in [6, 6.07) is 13.5. The van der Waals surface area contributed by atoms with Gasteiger partial charge in [0.2, 0.25) is 5.91 Å². The topological polar surface area (TPSA) is 84.3 Å². The number of carbonyl (C=O) groups is 1. The van der Waals surface area contributed by atoms with Crippen LogP contribution in [0.4, 0.5) is 0 Å². The number of carbonyl (C=O) groups excluding carboxylic acids is 1. The first kappa shape index (κ1) is 20.7. The van der Waals surface area contributed by atoms with Crippen molar-refractivity contribution < 1.29 is 13.9 Å². The molecule has 0 fully saturated rings. The molecule has 6 heteroatoms. The number of methoxy groups -OCH3 is 1. The van der Waals surface area contributed by atoms with E-state index in [0.29, 0.717) is 23.3 Å². The third-order valence-corrected chi connectivity index (χ3v) is 5.70. The van der Waals surface area contributed by atoms with Gasteiger partial charge in [-0.3, -0.25) is 4.79 Å². The van der Waals surface area contributed by atoms with Gasteiger partial charge in [-0.15, -0.1) is 0 Å². The molecule has 0 spiro atoms. The van der Waals surface area contributed by atoms with Gasteiger partial charge in [0.25, 0.3) is 0 Å². The summed E-state index contributed by atoms with van der Waals surface area (Å²) in [6.07, 6.45) is 3.29. The Kier molecular flexibility index (Phi) is 5.80. The molecule has 2 aromatic carbocycles. The third kappa shape index (κ3) is 4.33. The summed E-state index contributed by atoms with van der Waals surface area (Å²) in [5, 5.41) is 5.06. The molecule has 2 aromatic heterocycles. The average Bonchev–Trinajstić information content (AvgIpc) is 3.15. The van der Waals surface area contributed by atoms with Gasteiger partial charge in [-0.2, -0.15) is 0 Å². The van der Waals surface area contributed by atoms with E-state index in [1.165, 1.54) is 10.9 Å². The molecule has 4 rings (SSSR count). The van der Waals surface area contributed by atoms with Crippen LogP contribution in [0.3, 0.4) is 0 Å². The van der Waals surface area contributed by atoms with E-state index in [-0.39, 0.29) is 18.4 Å². The highest BCUT2D eigenvalue weighted by Gasteiger charge is 2.15. The number of benzene rings is 2. The number of hydrogen-bond donors (Lipinski definition) is 2. The van der Waals surface area contributed by atoms with Crippen LogP contribution in [-0.4, -0.2) is 24.0 Å². The van der Waals surface area contributed by atoms with E-state index in [1.807, 2.05) is 50.4 Å². The zero-order chi connectivity index (χ0) is 22.0. The number of rotatable bonds is 7. The molecule has 0 saturated heterocycles. The maximum absolute atomic E-state index is 12.5. The molecule has 31 heavy (non-hydrogen) atoms. The molecule has 2 N–H and O–H groups in total. The maximum atomic E-state index is 12.5. The molecular formula is C25H26N2O4. The molecule has 0 aliphatic rings. The minimum Gasteiger partial charge on any atom is -0.497 e. The first-order valence-electron chi connectivity index (χ1n) is 10.4. The van der Waals surface area contributed by atoms with Crippen LogP contribution in [0.1, 0.15) is 30.0 Å². The maximum Gasteiger partial charge on any atom is 0.339 e. The molecule has 160 valence electrons. The van der Waals surface area contributed by atoms with Gasteiger partial charge in [0.15, 0.2) is 0 Å². The molecule has 0 saturated carbocycles. The highest BCUT2D eigenvalue weighted by atomic mass is 16.5. The molecule has 0 unspecified atom stereocenters. The third-order valence-electron chi connectivity index (χ3n) is 5.70. The Morgan fingerprint density at radius 2 is 2.00 bits per heavy atom. The quantitative estimate of drug-likeness (QED) is 0.439. The lowest BCUT2D eigenvalue weighted by Gasteiger charge is -2.14. The van der Waals surface area contributed by atoms with Crippen molar-refractivity contribution in [1.82, 2.24) is 10.3 Å². The summed E-state index contributed by atoms with van der Waals surface area (Å²) in [5.41, 5.74) is 3.72. The lowest BCUT2D eigenvalue weighted by atomic mass is 10.0. The molecule has 1 atom stereocenters. The Morgan fingerprint density at radius 3 is 2.81 bits per heavy atom. The van der Waals surface area contributed by atoms with E-state index in [1.54, 1.807) is 13.2 Å². The number of ether oxygens (including phenoxy) is 1. The normalized spacial score (nSPS) is 12.2. The molecule has 4 aromatic rings. The van der Waals surface area contributed by atoms with E-state index < -0.39 is 5.63 Å². The molecular weight excluding hydrogens is 392 g/mol. The highest BCUT2D eigenvalue weighted by molar-refractivity contribution is 5.84. The Morgan fingerprint density at radius 1 is 1.19 bits per heavy atom. The SMILES string of the molecule is COc1ccc2c(C)c(CCC(=O)N[C@@H](C)Cc3c[nH]c4ccccc34)c(=O)oc2c1. The van der Waals surface area contributed by atoms with E-state index in [9.17, 15) is 9.59 Å². The van der Waals surface area contributed by atoms with E-state index >= 15 is 0 Å². The van der Waals surface area contributed by atoms with Crippen molar-refractivity contribution in [2.75, 3.05) is 7.11 Å². The van der Waals surface area contributed by atoms with Gasteiger partial charge in [-0.05, 0) is 56.0 Å². The average molecular weight is 418 g/mol. The van der Waals surface area contributed by atoms with Crippen molar-refractivity contribution in [2.24, 2.45) is 0 Å². The predicted octanol–water partition coefficient (Wildman–Crippen LogP) is 4.27. The van der Waals surface area contributed by atoms with Gasteiger partial charge >= 0.3 is 5.63 Å². The van der Waals surface area contributed by atoms with Gasteiger partial charge in [0, 0.05) is 46.6 Å². The van der Waals surface area contributed by atoms with E-state index in [2.05, 4.69) is 16.4 Å². The van der Waals surface area contributed by atoms with Gasteiger partial charge in [0.1, 0.15) is 11.3 Å². The second-order valence-electron chi connectivity index (χ2n) is 7.89. The van der Waals surface area contributed by atoms with Crippen LogP contribution < -0.4 is 15.7 Å². The molecule has 1 amide bonds. The summed E-state index contributed by atoms with van der Waals surface area (Å²) in [7, 11) is 1.57. The van der Waals surface area contributed by atoms with E-state index in [4.69, 9.17) is 9.15 Å². The van der Waals surface area contributed by atoms with Crippen molar-refractivity contribution >= 4 is 27.8 Å². The van der Waals surface area contributed by atoms with Crippen LogP contribution in [-0.2, 0) is 17.6 Å². The summed E-state index contributed by atoms with van der Waals surface area (Å²) in [5.74, 6) is 0.548. The predicted molar refractivity (Wildman–Crippen MR) is 122 cm³/mol. The zero-order valence-corrected chi connectivity index (χ0v) is 18.0. The fourth-order valence-electron chi connectivity index (χ4n) is 4.06. The van der Waals surface area contributed by atoms with Gasteiger partial charge in [0.05, 0.1) is 7.11 Å². The molecule has 0 aliphatic heterocycles. The van der Waals surface area contributed by atoms with Gasteiger partial charge < -0.3 is 19.5 Å². The fraction of sp³-hybridized carbons (Fsp3) is 0.280. The number of aromatic nitrogens is 1. The highest BCUT2D eigenvalue weighted by Crippen LogP contribution is 2.24. The Hall–Kier alpha value is -3.54. The van der Waals surface area contributed by atoms with Crippen molar-refractivity contribution in [3.8, 4) is 5.75 Å². The van der Waals surface area contributed by atoms with Crippen LogP contribution in [0.5, 0.6) is 5.75 Å². The van der Waals surface area contributed by atoms with Crippen molar-refractivity contribution in [3.63, 3.8) is 0 Å². The van der Waals surface area contributed by atoms with E-state index in [0.717, 1.165) is 22.9 Å². The number of para-hydroxylation sites is 1. The number of nitrogens with one attached hydrogen (secondary N) is 2. The summed E-state index contributed by atoms with van der Waals surface area (Å²) in [4.78, 5) is 28.3. The monoisotopic (exact) mass is 418 g/mol. The zero-order valence-electron chi connectivity index (χ0n) is 18.0. The molecule has 6 nitrogen and oxygen atoms in total. The number of amides is 1. The van der Waals surface area contributed by atoms with Crippen LogP contribution in [0.2, 0.25) is 0 Å². The van der Waals surface area contributed by atoms with Gasteiger partial charge in [-0.25, -0.2) is 4.79 Å². The number of H-pyrrole nitrogens is 1. The summed E-state index contributed by atoms with van der Waals surface area (Å²) < 4.78 is 10.7. The largest absolute Gasteiger partial charge is 0.497 e. The molecule has 2 heterocycles. The van der Waals surface area contributed by atoms with Gasteiger partial charge in [-0.1, -0.05) is 18.2 Å². The number of aromatic amines is 1. The summed E-state index contributed by atoms with van der Waals surface area (Å²) >= 11 is 0.